The van der Waals surface area contributed by atoms with E-state index in [9.17, 15) is 19.2 Å². The van der Waals surface area contributed by atoms with Crippen molar-refractivity contribution in [2.45, 2.75) is 112 Å². The van der Waals surface area contributed by atoms with Gasteiger partial charge in [0.15, 0.2) is 0 Å². The average Bonchev–Trinajstić information content (AvgIpc) is 3.99. The maximum absolute atomic E-state index is 15.3. The number of H-pyrrole nitrogens is 1. The Bertz CT molecular complexity index is 2150. The molecule has 2 aromatic heterocycles. The van der Waals surface area contributed by atoms with E-state index >= 15 is 4.39 Å². The number of aldehydes is 1. The van der Waals surface area contributed by atoms with Crippen LogP contribution in [0.15, 0.2) is 54.7 Å². The Morgan fingerprint density at radius 2 is 1.70 bits per heavy atom. The van der Waals surface area contributed by atoms with E-state index < -0.39 is 23.7 Å². The normalized spacial score (nSPS) is 16.2. The van der Waals surface area contributed by atoms with Gasteiger partial charge in [0, 0.05) is 72.7 Å². The lowest BCUT2D eigenvalue weighted by Crippen LogP contribution is -2.45. The molecule has 2 saturated heterocycles. The van der Waals surface area contributed by atoms with Crippen LogP contribution in [0, 0.1) is 18.7 Å². The second kappa shape index (κ2) is 23.4. The van der Waals surface area contributed by atoms with Crippen LogP contribution in [0.25, 0.3) is 23.1 Å². The molecule has 4 aromatic rings. The lowest BCUT2D eigenvalue weighted by Gasteiger charge is -2.34. The van der Waals surface area contributed by atoms with Crippen LogP contribution < -0.4 is 20.9 Å². The van der Waals surface area contributed by atoms with Crippen molar-refractivity contribution in [3.8, 4) is 0 Å². The first-order chi connectivity index (χ1) is 29.5. The first-order valence-electron chi connectivity index (χ1n) is 22.0. The molecule has 0 saturated carbocycles. The molecule has 2 fully saturated rings. The predicted molar refractivity (Wildman–Crippen MR) is 245 cm³/mol. The number of rotatable bonds is 16. The summed E-state index contributed by atoms with van der Waals surface area (Å²) in [7, 11) is 3.60. The van der Waals surface area contributed by atoms with E-state index in [2.05, 4.69) is 45.5 Å². The molecule has 2 aliphatic rings. The Kier molecular flexibility index (Phi) is 18.5. The number of nitrogens with zero attached hydrogens (tertiary/aromatic N) is 4. The van der Waals surface area contributed by atoms with Gasteiger partial charge >= 0.3 is 0 Å². The van der Waals surface area contributed by atoms with Gasteiger partial charge in [-0.3, -0.25) is 24.0 Å². The summed E-state index contributed by atoms with van der Waals surface area (Å²) in [6.07, 6.45) is 10.8. The number of fused-ring (bicyclic) bond motifs is 1. The number of likely N-dealkylation sites (N-methyl/N-ethyl adjacent to an activating group) is 1. The number of nitrogens with one attached hydrogen (secondary N) is 4. The van der Waals surface area contributed by atoms with E-state index in [0.717, 1.165) is 78.7 Å². The molecule has 2 aliphatic heterocycles. The van der Waals surface area contributed by atoms with Crippen LogP contribution in [0.5, 0.6) is 0 Å². The number of carbonyl (C=O) groups excluding carboxylic acids is 4. The van der Waals surface area contributed by atoms with Crippen molar-refractivity contribution in [2.24, 2.45) is 5.92 Å². The SMILES string of the molecule is C=Cc1cc(C2CCCN2C)[nH]c1/C=C(\C)NC(=O)c1ccc2c(C)nn(CCCC3CCN(c4ccc(C(=O)NC(CCC=O)C(=O)NC)cc4F)CC3)c2c1.CC.CC. The number of aromatic nitrogens is 3. The quantitative estimate of drug-likeness (QED) is 0.0828. The van der Waals surface area contributed by atoms with Gasteiger partial charge in [-0.2, -0.15) is 5.10 Å². The Morgan fingerprint density at radius 1 is 1.00 bits per heavy atom. The van der Waals surface area contributed by atoms with Crippen LogP contribution in [-0.4, -0.2) is 83.4 Å². The first kappa shape index (κ1) is 48.1. The van der Waals surface area contributed by atoms with Crippen molar-refractivity contribution in [1.29, 1.82) is 0 Å². The van der Waals surface area contributed by atoms with Gasteiger partial charge in [-0.15, -0.1) is 0 Å². The summed E-state index contributed by atoms with van der Waals surface area (Å²) in [6.45, 7) is 19.1. The lowest BCUT2D eigenvalue weighted by molar-refractivity contribution is -0.122. The fourth-order valence-electron chi connectivity index (χ4n) is 8.25. The van der Waals surface area contributed by atoms with Crippen LogP contribution >= 0.6 is 0 Å². The zero-order valence-electron chi connectivity index (χ0n) is 37.5. The molecule has 2 unspecified atom stereocenters. The van der Waals surface area contributed by atoms with Crippen molar-refractivity contribution >= 4 is 52.8 Å². The van der Waals surface area contributed by atoms with Crippen LogP contribution in [-0.2, 0) is 16.1 Å². The molecular formula is C48H67FN8O4. The molecule has 6 rings (SSSR count). The van der Waals surface area contributed by atoms with Crippen molar-refractivity contribution in [3.63, 3.8) is 0 Å². The maximum atomic E-state index is 15.3. The molecule has 2 atom stereocenters. The van der Waals surface area contributed by atoms with E-state index in [1.807, 2.05) is 81.5 Å². The molecule has 4 heterocycles. The number of amides is 3. The Balaban J connectivity index is 0.00000199. The molecule has 0 radical (unpaired) electrons. The highest BCUT2D eigenvalue weighted by atomic mass is 19.1. The second-order valence-electron chi connectivity index (χ2n) is 15.4. The molecule has 3 amide bonds. The minimum absolute atomic E-state index is 0.114. The van der Waals surface area contributed by atoms with E-state index in [1.54, 1.807) is 12.1 Å². The van der Waals surface area contributed by atoms with Gasteiger partial charge in [-0.1, -0.05) is 46.4 Å². The van der Waals surface area contributed by atoms with Gasteiger partial charge < -0.3 is 30.6 Å². The summed E-state index contributed by atoms with van der Waals surface area (Å²) in [5.74, 6) is -1.17. The number of aryl methyl sites for hydroxylation is 2. The monoisotopic (exact) mass is 839 g/mol. The molecule has 330 valence electrons. The number of hydrogen-bond donors (Lipinski definition) is 4. The molecule has 2 aromatic carbocycles. The van der Waals surface area contributed by atoms with Crippen molar-refractivity contribution in [1.82, 2.24) is 35.6 Å². The summed E-state index contributed by atoms with van der Waals surface area (Å²) in [4.78, 5) is 57.1. The summed E-state index contributed by atoms with van der Waals surface area (Å²) >= 11 is 0. The first-order valence-corrected chi connectivity index (χ1v) is 22.0. The highest BCUT2D eigenvalue weighted by Gasteiger charge is 2.26. The van der Waals surface area contributed by atoms with Gasteiger partial charge in [0.05, 0.1) is 16.9 Å². The fourth-order valence-corrected chi connectivity index (χ4v) is 8.25. The summed E-state index contributed by atoms with van der Waals surface area (Å²) in [5.41, 5.74) is 6.82. The van der Waals surface area contributed by atoms with Gasteiger partial charge in [0.25, 0.3) is 11.8 Å². The minimum Gasteiger partial charge on any atom is -0.369 e. The predicted octanol–water partition coefficient (Wildman–Crippen LogP) is 8.59. The number of halogens is 1. The second-order valence-corrected chi connectivity index (χ2v) is 15.4. The minimum atomic E-state index is -0.883. The average molecular weight is 839 g/mol. The summed E-state index contributed by atoms with van der Waals surface area (Å²) in [6, 6.07) is 11.8. The Morgan fingerprint density at radius 3 is 2.34 bits per heavy atom. The number of allylic oxidation sites excluding steroid dienone is 1. The highest BCUT2D eigenvalue weighted by Crippen LogP contribution is 2.32. The van der Waals surface area contributed by atoms with Crippen molar-refractivity contribution in [2.75, 3.05) is 38.6 Å². The molecule has 61 heavy (non-hydrogen) atoms. The third kappa shape index (κ3) is 12.3. The van der Waals surface area contributed by atoms with E-state index in [4.69, 9.17) is 5.10 Å². The molecule has 0 bridgehead atoms. The van der Waals surface area contributed by atoms with Crippen LogP contribution in [0.1, 0.15) is 135 Å². The van der Waals surface area contributed by atoms with Gasteiger partial charge in [0.1, 0.15) is 18.1 Å². The fraction of sp³-hybridized carbons (Fsp3) is 0.479. The number of aromatic amines is 1. The largest absolute Gasteiger partial charge is 0.369 e. The molecule has 13 heteroatoms. The Hall–Kier alpha value is -5.56. The van der Waals surface area contributed by atoms with Crippen LogP contribution in [0.4, 0.5) is 10.1 Å². The van der Waals surface area contributed by atoms with Gasteiger partial charge in [-0.05, 0) is 126 Å². The molecule has 4 N–H and O–H groups in total. The third-order valence-corrected chi connectivity index (χ3v) is 11.5. The topological polar surface area (TPSA) is 144 Å². The van der Waals surface area contributed by atoms with Crippen LogP contribution in [0.3, 0.4) is 0 Å². The molecule has 12 nitrogen and oxygen atoms in total. The summed E-state index contributed by atoms with van der Waals surface area (Å²) < 4.78 is 17.3. The number of likely N-dealkylation sites (tertiary alicyclic amines) is 1. The van der Waals surface area contributed by atoms with E-state index in [1.165, 1.54) is 25.2 Å². The standard InChI is InChI=1S/C44H55FN8O4.2C2H6/c1-6-31-26-38(40-12-8-19-51(40)5)48-37(31)24-28(2)47-42(55)33-13-15-34-29(3)50-53(41(34)27-33)20-7-10-30-17-21-52(22-18-30)39-16-14-32(25-35(39)45)43(56)49-36(11-9-23-54)44(57)46-4;2*1-2/h6,13-16,23-27,30,36,40,48H,1,7-12,17-22H2,2-5H3,(H,46,57)(H,47,55)(H,49,56);2*1-2H3/b28-24+;;. The van der Waals surface area contributed by atoms with Crippen molar-refractivity contribution < 1.29 is 23.6 Å². The van der Waals surface area contributed by atoms with E-state index in [0.29, 0.717) is 42.6 Å². The lowest BCUT2D eigenvalue weighted by atomic mass is 9.92. The summed E-state index contributed by atoms with van der Waals surface area (Å²) in [5, 5.41) is 14.0. The highest BCUT2D eigenvalue weighted by molar-refractivity contribution is 5.99. The zero-order valence-corrected chi connectivity index (χ0v) is 37.5. The number of anilines is 1. The molecular weight excluding hydrogens is 772 g/mol. The smallest absolute Gasteiger partial charge is 0.255 e. The molecule has 0 spiro atoms. The zero-order chi connectivity index (χ0) is 44.6. The molecule has 0 aliphatic carbocycles. The third-order valence-electron chi connectivity index (χ3n) is 11.5. The van der Waals surface area contributed by atoms with Crippen molar-refractivity contribution in [3.05, 3.63) is 94.3 Å². The Labute approximate surface area is 361 Å². The maximum Gasteiger partial charge on any atom is 0.255 e. The van der Waals surface area contributed by atoms with Gasteiger partial charge in [0.2, 0.25) is 5.91 Å². The number of benzene rings is 2. The van der Waals surface area contributed by atoms with Gasteiger partial charge in [-0.25, -0.2) is 4.39 Å². The number of piperidine rings is 1. The van der Waals surface area contributed by atoms with Crippen LogP contribution in [0.2, 0.25) is 0 Å². The number of hydrogen-bond acceptors (Lipinski definition) is 7. The number of carbonyl (C=O) groups is 4. The van der Waals surface area contributed by atoms with E-state index in [-0.39, 0.29) is 24.3 Å².